The van der Waals surface area contributed by atoms with E-state index >= 15 is 0 Å². The molecule has 7 nitrogen and oxygen atoms in total. The van der Waals surface area contributed by atoms with Crippen LogP contribution in [0.15, 0.2) is 24.3 Å². The minimum atomic E-state index is -0.306. The van der Waals surface area contributed by atoms with Crippen molar-refractivity contribution in [3.05, 3.63) is 52.7 Å². The summed E-state index contributed by atoms with van der Waals surface area (Å²) >= 11 is 0. The minimum absolute atomic E-state index is 0.0109. The number of fused-ring (bicyclic) bond motifs is 1. The summed E-state index contributed by atoms with van der Waals surface area (Å²) < 4.78 is 13.2. The van der Waals surface area contributed by atoms with E-state index in [-0.39, 0.29) is 30.1 Å². The monoisotopic (exact) mass is 439 g/mol. The molecule has 1 aromatic heterocycles. The van der Waals surface area contributed by atoms with Crippen molar-refractivity contribution in [3.63, 3.8) is 0 Å². The molecule has 1 aromatic carbocycles. The highest BCUT2D eigenvalue weighted by Crippen LogP contribution is 2.33. The molecular weight excluding hydrogens is 409 g/mol. The predicted octanol–water partition coefficient (Wildman–Crippen LogP) is 2.88. The van der Waals surface area contributed by atoms with E-state index in [4.69, 9.17) is 9.97 Å². The maximum Gasteiger partial charge on any atom is 0.227 e. The molecule has 0 bridgehead atoms. The Labute approximate surface area is 188 Å². The first kappa shape index (κ1) is 22.2. The lowest BCUT2D eigenvalue weighted by Crippen LogP contribution is -2.41. The van der Waals surface area contributed by atoms with Gasteiger partial charge in [0.2, 0.25) is 11.8 Å². The van der Waals surface area contributed by atoms with Crippen LogP contribution in [0.2, 0.25) is 0 Å². The largest absolute Gasteiger partial charge is 0.362 e. The second-order valence-electron chi connectivity index (χ2n) is 8.82. The average Bonchev–Trinajstić information content (AvgIpc) is 2.79. The first-order valence-electron chi connectivity index (χ1n) is 11.2. The summed E-state index contributed by atoms with van der Waals surface area (Å²) in [5, 5.41) is 0. The van der Waals surface area contributed by atoms with Crippen molar-refractivity contribution in [1.29, 1.82) is 0 Å². The predicted molar refractivity (Wildman–Crippen MR) is 120 cm³/mol. The smallest absolute Gasteiger partial charge is 0.227 e. The molecule has 32 heavy (non-hydrogen) atoms. The van der Waals surface area contributed by atoms with Gasteiger partial charge in [0.25, 0.3) is 0 Å². The van der Waals surface area contributed by atoms with E-state index in [1.807, 2.05) is 28.8 Å². The summed E-state index contributed by atoms with van der Waals surface area (Å²) in [5.41, 5.74) is 2.75. The summed E-state index contributed by atoms with van der Waals surface area (Å²) in [7, 11) is 3.88. The molecular formula is C24H30FN5O2. The number of amides is 2. The fourth-order valence-electron chi connectivity index (χ4n) is 4.58. The zero-order valence-corrected chi connectivity index (χ0v) is 19.0. The van der Waals surface area contributed by atoms with Gasteiger partial charge in [-0.25, -0.2) is 14.4 Å². The number of anilines is 1. The standard InChI is InChI=1S/C24H30FN5O2/c1-16(31)29-13-11-20-19(15-29)24(28(2)3)27-23(26-20)21-6-4-5-12-30(21)22(32)14-17-7-9-18(25)10-8-17/h7-10,21H,4-6,11-15H2,1-3H3. The number of likely N-dealkylation sites (tertiary alicyclic amines) is 1. The second kappa shape index (κ2) is 9.22. The van der Waals surface area contributed by atoms with Gasteiger partial charge in [-0.15, -0.1) is 0 Å². The van der Waals surface area contributed by atoms with Gasteiger partial charge in [-0.2, -0.15) is 0 Å². The van der Waals surface area contributed by atoms with Gasteiger partial charge in [-0.1, -0.05) is 12.1 Å². The van der Waals surface area contributed by atoms with Crippen LogP contribution in [0, 0.1) is 5.82 Å². The fraction of sp³-hybridized carbons (Fsp3) is 0.500. The van der Waals surface area contributed by atoms with Crippen LogP contribution in [0.4, 0.5) is 10.2 Å². The molecule has 2 aliphatic heterocycles. The topological polar surface area (TPSA) is 69.6 Å². The fourth-order valence-corrected chi connectivity index (χ4v) is 4.58. The molecule has 1 saturated heterocycles. The van der Waals surface area contributed by atoms with Crippen LogP contribution in [0.1, 0.15) is 54.9 Å². The van der Waals surface area contributed by atoms with E-state index in [9.17, 15) is 14.0 Å². The lowest BCUT2D eigenvalue weighted by atomic mass is 9.98. The molecule has 2 aliphatic rings. The van der Waals surface area contributed by atoms with Crippen molar-refractivity contribution >= 4 is 17.6 Å². The summed E-state index contributed by atoms with van der Waals surface area (Å²) in [6.07, 6.45) is 3.70. The Morgan fingerprint density at radius 2 is 1.88 bits per heavy atom. The molecule has 0 N–H and O–H groups in total. The number of hydrogen-bond acceptors (Lipinski definition) is 5. The summed E-state index contributed by atoms with van der Waals surface area (Å²) in [5.74, 6) is 1.24. The number of halogens is 1. The van der Waals surface area contributed by atoms with Gasteiger partial charge in [0.1, 0.15) is 11.6 Å². The molecule has 2 aromatic rings. The van der Waals surface area contributed by atoms with Crippen molar-refractivity contribution in [2.45, 2.75) is 51.6 Å². The van der Waals surface area contributed by atoms with Crippen molar-refractivity contribution in [3.8, 4) is 0 Å². The van der Waals surface area contributed by atoms with Gasteiger partial charge in [-0.05, 0) is 37.0 Å². The summed E-state index contributed by atoms with van der Waals surface area (Å²) in [4.78, 5) is 40.5. The van der Waals surface area contributed by atoms with E-state index in [1.54, 1.807) is 19.1 Å². The third-order valence-corrected chi connectivity index (χ3v) is 6.31. The van der Waals surface area contributed by atoms with Crippen LogP contribution in [0.25, 0.3) is 0 Å². The zero-order chi connectivity index (χ0) is 22.8. The quantitative estimate of drug-likeness (QED) is 0.733. The number of hydrogen-bond donors (Lipinski definition) is 0. The third-order valence-electron chi connectivity index (χ3n) is 6.31. The average molecular weight is 440 g/mol. The normalized spacial score (nSPS) is 18.3. The van der Waals surface area contributed by atoms with Crippen LogP contribution in [-0.2, 0) is 29.0 Å². The van der Waals surface area contributed by atoms with E-state index in [0.29, 0.717) is 31.9 Å². The summed E-state index contributed by atoms with van der Waals surface area (Å²) in [6.45, 7) is 3.41. The van der Waals surface area contributed by atoms with Crippen LogP contribution < -0.4 is 4.90 Å². The van der Waals surface area contributed by atoms with Crippen LogP contribution in [-0.4, -0.2) is 58.8 Å². The maximum absolute atomic E-state index is 13.2. The SMILES string of the molecule is CC(=O)N1CCc2nc(C3CCCCN3C(=O)Cc3ccc(F)cc3)nc(N(C)C)c2C1. The summed E-state index contributed by atoms with van der Waals surface area (Å²) in [6, 6.07) is 5.91. The van der Waals surface area contributed by atoms with Crippen molar-refractivity contribution < 1.29 is 14.0 Å². The van der Waals surface area contributed by atoms with E-state index < -0.39 is 0 Å². The Hall–Kier alpha value is -3.03. The highest BCUT2D eigenvalue weighted by Gasteiger charge is 2.32. The molecule has 1 atom stereocenters. The van der Waals surface area contributed by atoms with Crippen LogP contribution >= 0.6 is 0 Å². The lowest BCUT2D eigenvalue weighted by Gasteiger charge is -2.36. The lowest BCUT2D eigenvalue weighted by molar-refractivity contribution is -0.134. The highest BCUT2D eigenvalue weighted by molar-refractivity contribution is 5.79. The molecule has 170 valence electrons. The minimum Gasteiger partial charge on any atom is -0.362 e. The molecule has 1 fully saturated rings. The molecule has 0 radical (unpaired) electrons. The Bertz CT molecular complexity index is 1010. The molecule has 4 rings (SSSR count). The second-order valence-corrected chi connectivity index (χ2v) is 8.82. The van der Waals surface area contributed by atoms with Gasteiger partial charge in [0.05, 0.1) is 24.7 Å². The Kier molecular flexibility index (Phi) is 6.39. The van der Waals surface area contributed by atoms with Crippen molar-refractivity contribution in [1.82, 2.24) is 19.8 Å². The Morgan fingerprint density at radius 1 is 1.12 bits per heavy atom. The zero-order valence-electron chi connectivity index (χ0n) is 19.0. The molecule has 0 aliphatic carbocycles. The van der Waals surface area contributed by atoms with Crippen molar-refractivity contribution in [2.75, 3.05) is 32.1 Å². The Morgan fingerprint density at radius 3 is 2.56 bits per heavy atom. The van der Waals surface area contributed by atoms with E-state index in [0.717, 1.165) is 41.9 Å². The first-order valence-corrected chi connectivity index (χ1v) is 11.2. The van der Waals surface area contributed by atoms with Gasteiger partial charge in [0.15, 0.2) is 5.82 Å². The Balaban J connectivity index is 1.63. The number of benzene rings is 1. The van der Waals surface area contributed by atoms with Gasteiger partial charge in [0, 0.05) is 46.1 Å². The molecule has 0 saturated carbocycles. The van der Waals surface area contributed by atoms with Crippen LogP contribution in [0.3, 0.4) is 0 Å². The van der Waals surface area contributed by atoms with Gasteiger partial charge >= 0.3 is 0 Å². The molecule has 3 heterocycles. The van der Waals surface area contributed by atoms with Gasteiger partial charge < -0.3 is 14.7 Å². The first-order chi connectivity index (χ1) is 15.3. The molecule has 1 unspecified atom stereocenters. The van der Waals surface area contributed by atoms with Crippen LogP contribution in [0.5, 0.6) is 0 Å². The molecule has 0 spiro atoms. The number of aromatic nitrogens is 2. The highest BCUT2D eigenvalue weighted by atomic mass is 19.1. The maximum atomic E-state index is 13.2. The molecule has 8 heteroatoms. The van der Waals surface area contributed by atoms with Crippen molar-refractivity contribution in [2.24, 2.45) is 0 Å². The van der Waals surface area contributed by atoms with E-state index in [2.05, 4.69) is 0 Å². The van der Waals surface area contributed by atoms with Gasteiger partial charge in [-0.3, -0.25) is 9.59 Å². The number of piperidine rings is 1. The van der Waals surface area contributed by atoms with E-state index in [1.165, 1.54) is 12.1 Å². The number of rotatable bonds is 4. The number of nitrogens with zero attached hydrogens (tertiary/aromatic N) is 5. The number of carbonyl (C=O) groups is 2. The number of carbonyl (C=O) groups excluding carboxylic acids is 2. The third kappa shape index (κ3) is 4.59. The molecule has 2 amide bonds.